The average Bonchev–Trinajstić information content (AvgIpc) is 2.33. The fourth-order valence-corrected chi connectivity index (χ4v) is 1.27. The van der Waals surface area contributed by atoms with Gasteiger partial charge in [0.2, 0.25) is 0 Å². The highest BCUT2D eigenvalue weighted by atomic mass is 16.6. The SMILES string of the molecule is CC(C)(C)OC(=O)NCC#Cc1cccc([N+](=O)[O-])c1. The zero-order valence-corrected chi connectivity index (χ0v) is 11.6. The third-order valence-corrected chi connectivity index (χ3v) is 2.01. The predicted octanol–water partition coefficient (Wildman–Crippen LogP) is 2.47. The second kappa shape index (κ2) is 6.57. The molecular weight excluding hydrogens is 260 g/mol. The van der Waals surface area contributed by atoms with Gasteiger partial charge in [0.05, 0.1) is 11.5 Å². The van der Waals surface area contributed by atoms with Gasteiger partial charge in [0.1, 0.15) is 5.60 Å². The Morgan fingerprint density at radius 3 is 2.75 bits per heavy atom. The molecule has 0 saturated heterocycles. The van der Waals surface area contributed by atoms with Gasteiger partial charge in [-0.3, -0.25) is 10.1 Å². The van der Waals surface area contributed by atoms with Crippen LogP contribution in [0.5, 0.6) is 0 Å². The fourth-order valence-electron chi connectivity index (χ4n) is 1.27. The number of nitrogens with one attached hydrogen (secondary N) is 1. The standard InChI is InChI=1S/C14H16N2O4/c1-14(2,3)20-13(17)15-9-5-7-11-6-4-8-12(10-11)16(18)19/h4,6,8,10H,9H2,1-3H3,(H,15,17). The van der Waals surface area contributed by atoms with E-state index in [0.29, 0.717) is 5.56 Å². The maximum absolute atomic E-state index is 11.3. The van der Waals surface area contributed by atoms with Gasteiger partial charge in [-0.1, -0.05) is 17.9 Å². The molecule has 0 radical (unpaired) electrons. The van der Waals surface area contributed by atoms with E-state index in [4.69, 9.17) is 4.74 Å². The summed E-state index contributed by atoms with van der Waals surface area (Å²) in [6.07, 6.45) is -0.550. The number of nitro groups is 1. The van der Waals surface area contributed by atoms with Crippen LogP contribution in [0.3, 0.4) is 0 Å². The number of alkyl carbamates (subject to hydrolysis) is 1. The van der Waals surface area contributed by atoms with Gasteiger partial charge in [-0.25, -0.2) is 4.79 Å². The molecule has 1 aromatic rings. The van der Waals surface area contributed by atoms with E-state index in [2.05, 4.69) is 17.2 Å². The molecule has 0 heterocycles. The smallest absolute Gasteiger partial charge is 0.408 e. The van der Waals surface area contributed by atoms with Crippen molar-refractivity contribution in [3.63, 3.8) is 0 Å². The third kappa shape index (κ3) is 5.87. The fraction of sp³-hybridized carbons (Fsp3) is 0.357. The Balaban J connectivity index is 2.53. The Kier molecular flexibility index (Phi) is 5.09. The summed E-state index contributed by atoms with van der Waals surface area (Å²) < 4.78 is 5.03. The highest BCUT2D eigenvalue weighted by Crippen LogP contribution is 2.11. The number of rotatable bonds is 2. The molecule has 0 atom stereocenters. The van der Waals surface area contributed by atoms with Crippen LogP contribution in [0.25, 0.3) is 0 Å². The lowest BCUT2D eigenvalue weighted by atomic mass is 10.2. The average molecular weight is 276 g/mol. The first kappa shape index (κ1) is 15.5. The summed E-state index contributed by atoms with van der Waals surface area (Å²) in [6, 6.07) is 5.99. The Morgan fingerprint density at radius 1 is 1.45 bits per heavy atom. The minimum absolute atomic E-state index is 0.0168. The minimum Gasteiger partial charge on any atom is -0.444 e. The van der Waals surface area contributed by atoms with Gasteiger partial charge in [-0.15, -0.1) is 0 Å². The quantitative estimate of drug-likeness (QED) is 0.511. The Bertz CT molecular complexity index is 565. The molecule has 0 aliphatic carbocycles. The topological polar surface area (TPSA) is 81.5 Å². The van der Waals surface area contributed by atoms with Crippen molar-refractivity contribution in [2.45, 2.75) is 26.4 Å². The number of ether oxygens (including phenoxy) is 1. The van der Waals surface area contributed by atoms with Crippen LogP contribution in [0.2, 0.25) is 0 Å². The van der Waals surface area contributed by atoms with Crippen molar-refractivity contribution >= 4 is 11.8 Å². The van der Waals surface area contributed by atoms with E-state index >= 15 is 0 Å². The van der Waals surface area contributed by atoms with Gasteiger partial charge in [0, 0.05) is 17.7 Å². The van der Waals surface area contributed by atoms with Crippen molar-refractivity contribution in [1.29, 1.82) is 0 Å². The van der Waals surface area contributed by atoms with Gasteiger partial charge < -0.3 is 10.1 Å². The largest absolute Gasteiger partial charge is 0.444 e. The van der Waals surface area contributed by atoms with Crippen LogP contribution in [0, 0.1) is 22.0 Å². The number of carbonyl (C=O) groups is 1. The maximum Gasteiger partial charge on any atom is 0.408 e. The first-order chi connectivity index (χ1) is 9.28. The van der Waals surface area contributed by atoms with Crippen LogP contribution >= 0.6 is 0 Å². The molecule has 20 heavy (non-hydrogen) atoms. The van der Waals surface area contributed by atoms with E-state index in [1.165, 1.54) is 12.1 Å². The molecule has 0 fully saturated rings. The number of non-ortho nitro benzene ring substituents is 1. The summed E-state index contributed by atoms with van der Waals surface area (Å²) in [7, 11) is 0. The molecule has 1 rings (SSSR count). The zero-order valence-electron chi connectivity index (χ0n) is 11.6. The maximum atomic E-state index is 11.3. The summed E-state index contributed by atoms with van der Waals surface area (Å²) in [5.74, 6) is 5.43. The van der Waals surface area contributed by atoms with E-state index in [1.54, 1.807) is 32.9 Å². The van der Waals surface area contributed by atoms with Gasteiger partial charge in [0.25, 0.3) is 5.69 Å². The number of nitro benzene ring substituents is 1. The van der Waals surface area contributed by atoms with Gasteiger partial charge in [-0.2, -0.15) is 0 Å². The van der Waals surface area contributed by atoms with Gasteiger partial charge in [0.15, 0.2) is 0 Å². The normalized spacial score (nSPS) is 10.2. The molecular formula is C14H16N2O4. The van der Waals surface area contributed by atoms with Crippen LogP contribution < -0.4 is 5.32 Å². The van der Waals surface area contributed by atoms with Crippen molar-refractivity contribution in [3.05, 3.63) is 39.9 Å². The molecule has 106 valence electrons. The number of nitrogens with zero attached hydrogens (tertiary/aromatic N) is 1. The van der Waals surface area contributed by atoms with Crippen molar-refractivity contribution in [2.75, 3.05) is 6.54 Å². The molecule has 1 N–H and O–H groups in total. The number of amides is 1. The first-order valence-electron chi connectivity index (χ1n) is 5.98. The number of carbonyl (C=O) groups excluding carboxylic acids is 1. The van der Waals surface area contributed by atoms with Crippen LogP contribution in [0.1, 0.15) is 26.3 Å². The summed E-state index contributed by atoms with van der Waals surface area (Å²) in [5, 5.41) is 13.1. The molecule has 0 unspecified atom stereocenters. The third-order valence-electron chi connectivity index (χ3n) is 2.01. The van der Waals surface area contributed by atoms with E-state index in [9.17, 15) is 14.9 Å². The zero-order chi connectivity index (χ0) is 15.2. The molecule has 1 aromatic carbocycles. The molecule has 6 nitrogen and oxygen atoms in total. The predicted molar refractivity (Wildman–Crippen MR) is 74.2 cm³/mol. The van der Waals surface area contributed by atoms with E-state index in [1.807, 2.05) is 0 Å². The van der Waals surface area contributed by atoms with Crippen molar-refractivity contribution in [1.82, 2.24) is 5.32 Å². The van der Waals surface area contributed by atoms with Crippen molar-refractivity contribution in [3.8, 4) is 11.8 Å². The second-order valence-corrected chi connectivity index (χ2v) is 4.96. The summed E-state index contributed by atoms with van der Waals surface area (Å²) in [4.78, 5) is 21.4. The molecule has 0 bridgehead atoms. The lowest BCUT2D eigenvalue weighted by molar-refractivity contribution is -0.384. The monoisotopic (exact) mass is 276 g/mol. The van der Waals surface area contributed by atoms with E-state index in [0.717, 1.165) is 0 Å². The molecule has 0 saturated carbocycles. The van der Waals surface area contributed by atoms with Crippen molar-refractivity contribution < 1.29 is 14.5 Å². The van der Waals surface area contributed by atoms with E-state index in [-0.39, 0.29) is 12.2 Å². The highest BCUT2D eigenvalue weighted by molar-refractivity contribution is 5.68. The van der Waals surface area contributed by atoms with Crippen LogP contribution in [0.15, 0.2) is 24.3 Å². The molecule has 0 aromatic heterocycles. The number of hydrogen-bond donors (Lipinski definition) is 1. The molecule has 1 amide bonds. The van der Waals surface area contributed by atoms with E-state index < -0.39 is 16.6 Å². The molecule has 6 heteroatoms. The Hall–Kier alpha value is -2.55. The Labute approximate surface area is 117 Å². The van der Waals surface area contributed by atoms with Gasteiger partial charge >= 0.3 is 6.09 Å². The first-order valence-corrected chi connectivity index (χ1v) is 5.98. The number of hydrogen-bond acceptors (Lipinski definition) is 4. The summed E-state index contributed by atoms with van der Waals surface area (Å²) in [6.45, 7) is 5.40. The second-order valence-electron chi connectivity index (χ2n) is 4.96. The lowest BCUT2D eigenvalue weighted by Gasteiger charge is -2.18. The summed E-state index contributed by atoms with van der Waals surface area (Å²) in [5.41, 5.74) is -0.0560. The van der Waals surface area contributed by atoms with Crippen LogP contribution in [0.4, 0.5) is 10.5 Å². The van der Waals surface area contributed by atoms with Gasteiger partial charge in [-0.05, 0) is 26.8 Å². The lowest BCUT2D eigenvalue weighted by Crippen LogP contribution is -2.32. The van der Waals surface area contributed by atoms with Crippen LogP contribution in [-0.4, -0.2) is 23.2 Å². The molecule has 0 spiro atoms. The highest BCUT2D eigenvalue weighted by Gasteiger charge is 2.14. The Morgan fingerprint density at radius 2 is 2.15 bits per heavy atom. The molecule has 0 aliphatic heterocycles. The summed E-state index contributed by atoms with van der Waals surface area (Å²) >= 11 is 0. The molecule has 0 aliphatic rings. The minimum atomic E-state index is -0.558. The van der Waals surface area contributed by atoms with Crippen LogP contribution in [-0.2, 0) is 4.74 Å². The van der Waals surface area contributed by atoms with Crippen molar-refractivity contribution in [2.24, 2.45) is 0 Å². The number of benzene rings is 1.